The Morgan fingerprint density at radius 2 is 1.92 bits per heavy atom. The van der Waals surface area contributed by atoms with Crippen LogP contribution in [0.5, 0.6) is 0 Å². The molecule has 0 N–H and O–H groups in total. The van der Waals surface area contributed by atoms with Crippen LogP contribution in [0.15, 0.2) is 59.6 Å². The third-order valence-electron chi connectivity index (χ3n) is 4.01. The number of hydrogen-bond donors (Lipinski definition) is 0. The molecule has 0 aliphatic rings. The highest BCUT2D eigenvalue weighted by Crippen LogP contribution is 2.26. The van der Waals surface area contributed by atoms with E-state index >= 15 is 0 Å². The van der Waals surface area contributed by atoms with Gasteiger partial charge in [0.05, 0.1) is 18.2 Å². The van der Waals surface area contributed by atoms with Gasteiger partial charge in [-0.15, -0.1) is 11.8 Å². The summed E-state index contributed by atoms with van der Waals surface area (Å²) in [5, 5.41) is 9.78. The van der Waals surface area contributed by atoms with Crippen LogP contribution in [0.3, 0.4) is 0 Å². The van der Waals surface area contributed by atoms with Crippen molar-refractivity contribution in [3.63, 3.8) is 0 Å². The van der Waals surface area contributed by atoms with Crippen molar-refractivity contribution in [3.8, 4) is 6.07 Å². The smallest absolute Gasteiger partial charge is 0.175 e. The van der Waals surface area contributed by atoms with Gasteiger partial charge < -0.3 is 4.57 Å². The predicted molar refractivity (Wildman–Crippen MR) is 98.4 cm³/mol. The van der Waals surface area contributed by atoms with Gasteiger partial charge in [0.1, 0.15) is 0 Å². The third-order valence-corrected chi connectivity index (χ3v) is 5.18. The van der Waals surface area contributed by atoms with Crippen molar-refractivity contribution in [3.05, 3.63) is 65.9 Å². The van der Waals surface area contributed by atoms with Crippen molar-refractivity contribution in [2.75, 3.05) is 5.75 Å². The molecule has 4 heteroatoms. The van der Waals surface area contributed by atoms with Crippen LogP contribution in [-0.2, 0) is 6.54 Å². The Bertz CT molecular complexity index is 921. The lowest BCUT2D eigenvalue weighted by Gasteiger charge is -2.04. The number of aromatic nitrogens is 1. The number of aryl methyl sites for hydroxylation is 2. The zero-order valence-corrected chi connectivity index (χ0v) is 14.3. The topological polar surface area (TPSA) is 45.8 Å². The Morgan fingerprint density at radius 1 is 1.17 bits per heavy atom. The van der Waals surface area contributed by atoms with Crippen LogP contribution >= 0.6 is 11.8 Å². The standard InChI is InChI=1S/C20H18N2OS/c1-15-7-2-5-10-20(15)24-14-19(23)17-13-22(12-6-11-21)18-9-4-3-8-16(17)18/h2-5,7-10,13H,6,12,14H2,1H3. The highest BCUT2D eigenvalue weighted by atomic mass is 32.2. The van der Waals surface area contributed by atoms with E-state index in [0.29, 0.717) is 18.7 Å². The SMILES string of the molecule is Cc1ccccc1SCC(=O)c1cn(CCC#N)c2ccccc12. The number of benzene rings is 2. The van der Waals surface area contributed by atoms with Crippen LogP contribution in [0.2, 0.25) is 0 Å². The molecule has 3 aromatic rings. The highest BCUT2D eigenvalue weighted by molar-refractivity contribution is 8.00. The Labute approximate surface area is 145 Å². The van der Waals surface area contributed by atoms with Gasteiger partial charge in [0, 0.05) is 34.1 Å². The van der Waals surface area contributed by atoms with E-state index in [1.807, 2.05) is 53.2 Å². The van der Waals surface area contributed by atoms with E-state index in [-0.39, 0.29) is 5.78 Å². The molecule has 0 atom stereocenters. The number of nitrogens with zero attached hydrogens (tertiary/aromatic N) is 2. The lowest BCUT2D eigenvalue weighted by Crippen LogP contribution is -2.02. The van der Waals surface area contributed by atoms with Crippen LogP contribution in [-0.4, -0.2) is 16.1 Å². The molecule has 0 aliphatic heterocycles. The van der Waals surface area contributed by atoms with E-state index in [2.05, 4.69) is 19.1 Å². The Hall–Kier alpha value is -2.51. The predicted octanol–water partition coefficient (Wildman–Crippen LogP) is 4.84. The molecule has 120 valence electrons. The first-order valence-corrected chi connectivity index (χ1v) is 8.85. The molecule has 0 spiro atoms. The van der Waals surface area contributed by atoms with E-state index in [4.69, 9.17) is 5.26 Å². The number of carbonyl (C=O) groups excluding carboxylic acids is 1. The maximum absolute atomic E-state index is 12.7. The molecule has 0 saturated carbocycles. The summed E-state index contributed by atoms with van der Waals surface area (Å²) in [6, 6.07) is 18.1. The molecule has 0 fully saturated rings. The van der Waals surface area contributed by atoms with Gasteiger partial charge in [-0.2, -0.15) is 5.26 Å². The lowest BCUT2D eigenvalue weighted by molar-refractivity contribution is 0.102. The molecule has 0 radical (unpaired) electrons. The summed E-state index contributed by atoms with van der Waals surface area (Å²) in [5.41, 5.74) is 2.94. The monoisotopic (exact) mass is 334 g/mol. The van der Waals surface area contributed by atoms with Crippen molar-refractivity contribution >= 4 is 28.4 Å². The maximum atomic E-state index is 12.7. The first kappa shape index (κ1) is 16.4. The van der Waals surface area contributed by atoms with Gasteiger partial charge in [0.25, 0.3) is 0 Å². The van der Waals surface area contributed by atoms with E-state index in [1.165, 1.54) is 5.56 Å². The minimum atomic E-state index is 0.121. The van der Waals surface area contributed by atoms with Crippen LogP contribution in [0.1, 0.15) is 22.3 Å². The Balaban J connectivity index is 1.84. The molecule has 1 heterocycles. The van der Waals surface area contributed by atoms with Crippen LogP contribution in [0.25, 0.3) is 10.9 Å². The average molecular weight is 334 g/mol. The van der Waals surface area contributed by atoms with E-state index in [1.54, 1.807) is 11.8 Å². The fourth-order valence-electron chi connectivity index (χ4n) is 2.76. The van der Waals surface area contributed by atoms with Gasteiger partial charge in [-0.05, 0) is 24.6 Å². The third kappa shape index (κ3) is 3.37. The minimum absolute atomic E-state index is 0.121. The Kier molecular flexibility index (Phi) is 5.02. The minimum Gasteiger partial charge on any atom is -0.346 e. The molecule has 0 amide bonds. The molecular weight excluding hydrogens is 316 g/mol. The number of rotatable bonds is 6. The van der Waals surface area contributed by atoms with Crippen LogP contribution in [0, 0.1) is 18.3 Å². The van der Waals surface area contributed by atoms with Crippen molar-refractivity contribution in [1.82, 2.24) is 4.57 Å². The lowest BCUT2D eigenvalue weighted by atomic mass is 10.1. The number of fused-ring (bicyclic) bond motifs is 1. The molecule has 0 aliphatic carbocycles. The number of para-hydroxylation sites is 1. The second-order valence-corrected chi connectivity index (χ2v) is 6.66. The number of ketones is 1. The number of Topliss-reactive ketones (excluding diaryl/α,β-unsaturated/α-hetero) is 1. The van der Waals surface area contributed by atoms with Crippen molar-refractivity contribution < 1.29 is 4.79 Å². The number of hydrogen-bond acceptors (Lipinski definition) is 3. The molecule has 0 unspecified atom stereocenters. The molecule has 1 aromatic heterocycles. The van der Waals surface area contributed by atoms with Crippen molar-refractivity contribution in [2.24, 2.45) is 0 Å². The summed E-state index contributed by atoms with van der Waals surface area (Å²) in [6.45, 7) is 2.66. The van der Waals surface area contributed by atoms with Gasteiger partial charge in [0.2, 0.25) is 0 Å². The van der Waals surface area contributed by atoms with Crippen molar-refractivity contribution in [2.45, 2.75) is 24.8 Å². The summed E-state index contributed by atoms with van der Waals surface area (Å²) in [6.07, 6.45) is 2.33. The first-order valence-electron chi connectivity index (χ1n) is 7.87. The van der Waals surface area contributed by atoms with Gasteiger partial charge in [-0.1, -0.05) is 36.4 Å². The normalized spacial score (nSPS) is 10.7. The first-order chi connectivity index (χ1) is 11.7. The molecule has 0 saturated heterocycles. The van der Waals surface area contributed by atoms with E-state index in [0.717, 1.165) is 21.4 Å². The van der Waals surface area contributed by atoms with Crippen LogP contribution < -0.4 is 0 Å². The summed E-state index contributed by atoms with van der Waals surface area (Å²) in [7, 11) is 0. The number of thioether (sulfide) groups is 1. The van der Waals surface area contributed by atoms with E-state index < -0.39 is 0 Å². The van der Waals surface area contributed by atoms with E-state index in [9.17, 15) is 4.79 Å². The molecule has 0 bridgehead atoms. The molecule has 2 aromatic carbocycles. The molecule has 3 rings (SSSR count). The van der Waals surface area contributed by atoms with Crippen LogP contribution in [0.4, 0.5) is 0 Å². The fourth-order valence-corrected chi connectivity index (χ4v) is 3.68. The largest absolute Gasteiger partial charge is 0.346 e. The number of nitriles is 1. The summed E-state index contributed by atoms with van der Waals surface area (Å²) in [4.78, 5) is 13.9. The molecular formula is C20H18N2OS. The maximum Gasteiger partial charge on any atom is 0.175 e. The van der Waals surface area contributed by atoms with Gasteiger partial charge in [-0.25, -0.2) is 0 Å². The number of carbonyl (C=O) groups is 1. The second kappa shape index (κ2) is 7.37. The zero-order valence-electron chi connectivity index (χ0n) is 13.5. The molecule has 24 heavy (non-hydrogen) atoms. The second-order valence-electron chi connectivity index (χ2n) is 5.64. The Morgan fingerprint density at radius 3 is 2.71 bits per heavy atom. The average Bonchev–Trinajstić information content (AvgIpc) is 2.98. The van der Waals surface area contributed by atoms with Gasteiger partial charge in [-0.3, -0.25) is 4.79 Å². The van der Waals surface area contributed by atoms with Gasteiger partial charge in [0.15, 0.2) is 5.78 Å². The summed E-state index contributed by atoms with van der Waals surface area (Å²) in [5.74, 6) is 0.534. The fraction of sp³-hybridized carbons (Fsp3) is 0.200. The zero-order chi connectivity index (χ0) is 16.9. The molecule has 3 nitrogen and oxygen atoms in total. The quantitative estimate of drug-likeness (QED) is 0.479. The van der Waals surface area contributed by atoms with Crippen molar-refractivity contribution in [1.29, 1.82) is 5.26 Å². The van der Waals surface area contributed by atoms with Gasteiger partial charge >= 0.3 is 0 Å². The highest BCUT2D eigenvalue weighted by Gasteiger charge is 2.15. The summed E-state index contributed by atoms with van der Waals surface area (Å²) < 4.78 is 2.00. The summed E-state index contributed by atoms with van der Waals surface area (Å²) >= 11 is 1.57.